The summed E-state index contributed by atoms with van der Waals surface area (Å²) in [7, 11) is 0. The standard InChI is InChI=1S/2C43H27N3.C37H23N3/c1-44-33-21-25-43-39(28-33)37-15-6-7-16-40(37)45(43)34-22-18-30(19-23-34)32-20-24-42-38(27-32)36-14-5-8-17-41(36)46(42)35-13-9-12-31(26-35)29-10-3-2-4-11-29;1-44-33-20-25-38-39-27-32(19-26-42(39)46(43(38)28-33)35-21-15-30(16-22-35)29-9-3-2-4-10-29)31-17-23-34(24-18-31)45-40-13-7-5-11-36(40)37-12-6-8-14-41(37)45;1-38-27-18-21-32-33-23-26(17-22-36(33)40(37(32)24-27)28-9-3-2-4-10-28)25-15-19-29(20-16-25)39-34-13-7-5-11-30(34)31-12-6-8-14-35(31)39/h2*2-28H;2-24H. The number of nitrogens with zero attached hydrogens (tertiary/aromatic N) is 9. The smallest absolute Gasteiger partial charge is 0.189 e. The highest BCUT2D eigenvalue weighted by atomic mass is 15.0. The van der Waals surface area contributed by atoms with Crippen molar-refractivity contribution in [2.24, 2.45) is 0 Å². The molecule has 26 rings (SSSR count). The second kappa shape index (κ2) is 32.3. The van der Waals surface area contributed by atoms with Crippen LogP contribution in [0.3, 0.4) is 0 Å². The van der Waals surface area contributed by atoms with Crippen LogP contribution in [0.1, 0.15) is 0 Å². The molecule has 0 aliphatic carbocycles. The maximum absolute atomic E-state index is 7.67. The maximum Gasteiger partial charge on any atom is 0.189 e. The number of aromatic nitrogens is 6. The molecule has 0 fully saturated rings. The van der Waals surface area contributed by atoms with Gasteiger partial charge in [0.2, 0.25) is 0 Å². The summed E-state index contributed by atoms with van der Waals surface area (Å²) >= 11 is 0. The minimum atomic E-state index is 0.637. The monoisotopic (exact) mass is 1680 g/mol. The van der Waals surface area contributed by atoms with Crippen molar-refractivity contribution in [3.05, 3.63) is 501 Å². The molecule has 6 heterocycles. The van der Waals surface area contributed by atoms with Crippen molar-refractivity contribution >= 4 is 148 Å². The fourth-order valence-electron chi connectivity index (χ4n) is 20.1. The van der Waals surface area contributed by atoms with Crippen LogP contribution in [0.4, 0.5) is 17.1 Å². The molecule has 0 unspecified atom stereocenters. The zero-order valence-corrected chi connectivity index (χ0v) is 71.5. The molecule has 0 radical (unpaired) electrons. The van der Waals surface area contributed by atoms with Crippen molar-refractivity contribution in [2.45, 2.75) is 0 Å². The van der Waals surface area contributed by atoms with Gasteiger partial charge in [-0.25, -0.2) is 14.5 Å². The third kappa shape index (κ3) is 13.2. The summed E-state index contributed by atoms with van der Waals surface area (Å²) in [5.41, 5.74) is 34.3. The fourth-order valence-corrected chi connectivity index (χ4v) is 20.1. The van der Waals surface area contributed by atoms with E-state index < -0.39 is 0 Å². The molecule has 0 atom stereocenters. The first-order chi connectivity index (χ1) is 65.3. The van der Waals surface area contributed by atoms with Gasteiger partial charge in [-0.3, -0.25) is 0 Å². The summed E-state index contributed by atoms with van der Waals surface area (Å²) in [6.45, 7) is 22.7. The molecule has 9 heteroatoms. The number of benzene rings is 20. The minimum Gasteiger partial charge on any atom is -0.311 e. The average Bonchev–Trinajstić information content (AvgIpc) is 1.64. The van der Waals surface area contributed by atoms with Crippen LogP contribution < -0.4 is 0 Å². The molecule has 614 valence electrons. The molecular weight excluding hydrogens is 1600 g/mol. The van der Waals surface area contributed by atoms with E-state index >= 15 is 0 Å². The summed E-state index contributed by atoms with van der Waals surface area (Å²) in [6, 6.07) is 165. The molecule has 0 N–H and O–H groups in total. The van der Waals surface area contributed by atoms with E-state index in [-0.39, 0.29) is 0 Å². The van der Waals surface area contributed by atoms with Crippen LogP contribution in [0.15, 0.2) is 467 Å². The number of rotatable bonds is 11. The first-order valence-corrected chi connectivity index (χ1v) is 44.3. The second-order valence-electron chi connectivity index (χ2n) is 33.6. The lowest BCUT2D eigenvalue weighted by atomic mass is 10.0. The van der Waals surface area contributed by atoms with E-state index in [1.807, 2.05) is 48.5 Å². The molecule has 26 aromatic rings. The van der Waals surface area contributed by atoms with Gasteiger partial charge in [0.15, 0.2) is 17.1 Å². The van der Waals surface area contributed by atoms with E-state index in [2.05, 4.69) is 461 Å². The number of hydrogen-bond acceptors (Lipinski definition) is 0. The molecule has 0 aliphatic rings. The molecule has 0 bridgehead atoms. The van der Waals surface area contributed by atoms with Gasteiger partial charge in [0.25, 0.3) is 0 Å². The van der Waals surface area contributed by atoms with E-state index in [1.54, 1.807) is 0 Å². The lowest BCUT2D eigenvalue weighted by Crippen LogP contribution is -1.94. The van der Waals surface area contributed by atoms with Gasteiger partial charge in [-0.1, -0.05) is 297 Å². The second-order valence-corrected chi connectivity index (χ2v) is 33.6. The van der Waals surface area contributed by atoms with E-state index in [0.717, 1.165) is 99.9 Å². The summed E-state index contributed by atoms with van der Waals surface area (Å²) < 4.78 is 13.9. The van der Waals surface area contributed by atoms with E-state index in [9.17, 15) is 0 Å². The van der Waals surface area contributed by atoms with Gasteiger partial charge in [0.05, 0.1) is 74.9 Å². The van der Waals surface area contributed by atoms with Gasteiger partial charge >= 0.3 is 0 Å². The van der Waals surface area contributed by atoms with Gasteiger partial charge in [-0.2, -0.15) is 0 Å². The number of fused-ring (bicyclic) bond motifs is 18. The summed E-state index contributed by atoms with van der Waals surface area (Å²) in [6.07, 6.45) is 0. The van der Waals surface area contributed by atoms with Crippen molar-refractivity contribution in [2.75, 3.05) is 0 Å². The number of para-hydroxylation sites is 7. The summed E-state index contributed by atoms with van der Waals surface area (Å²) in [5.74, 6) is 0. The normalized spacial score (nSPS) is 11.5. The number of hydrogen-bond donors (Lipinski definition) is 0. The molecule has 132 heavy (non-hydrogen) atoms. The Morgan fingerprint density at radius 1 is 0.121 bits per heavy atom. The van der Waals surface area contributed by atoms with Gasteiger partial charge in [-0.15, -0.1) is 0 Å². The van der Waals surface area contributed by atoms with Crippen molar-refractivity contribution in [3.63, 3.8) is 0 Å². The predicted octanol–water partition coefficient (Wildman–Crippen LogP) is 33.6. The molecule has 0 aliphatic heterocycles. The van der Waals surface area contributed by atoms with Crippen molar-refractivity contribution in [3.8, 4) is 89.8 Å². The Kier molecular flexibility index (Phi) is 18.9. The van der Waals surface area contributed by atoms with Crippen LogP contribution >= 0.6 is 0 Å². The molecule has 6 aromatic heterocycles. The summed E-state index contributed by atoms with van der Waals surface area (Å²) in [5, 5.41) is 14.4. The summed E-state index contributed by atoms with van der Waals surface area (Å²) in [4.78, 5) is 11.1. The van der Waals surface area contributed by atoms with Crippen LogP contribution in [0.2, 0.25) is 0 Å². The van der Waals surface area contributed by atoms with E-state index in [4.69, 9.17) is 19.7 Å². The lowest BCUT2D eigenvalue weighted by Gasteiger charge is -2.11. The van der Waals surface area contributed by atoms with Crippen LogP contribution in [-0.2, 0) is 0 Å². The molecule has 20 aromatic carbocycles. The minimum absolute atomic E-state index is 0.637. The van der Waals surface area contributed by atoms with Crippen LogP contribution in [-0.4, -0.2) is 27.4 Å². The van der Waals surface area contributed by atoms with Gasteiger partial charge < -0.3 is 27.4 Å². The van der Waals surface area contributed by atoms with Gasteiger partial charge in [0, 0.05) is 104 Å². The predicted molar refractivity (Wildman–Crippen MR) is 551 cm³/mol. The quantitative estimate of drug-likeness (QED) is 0.116. The van der Waals surface area contributed by atoms with E-state index in [1.165, 1.54) is 121 Å². The van der Waals surface area contributed by atoms with E-state index in [0.29, 0.717) is 17.1 Å². The maximum atomic E-state index is 7.67. The topological polar surface area (TPSA) is 42.7 Å². The van der Waals surface area contributed by atoms with Crippen molar-refractivity contribution < 1.29 is 0 Å². The van der Waals surface area contributed by atoms with Crippen molar-refractivity contribution in [1.82, 2.24) is 27.4 Å². The highest BCUT2D eigenvalue weighted by Gasteiger charge is 2.22. The van der Waals surface area contributed by atoms with Gasteiger partial charge in [-0.05, 0) is 231 Å². The Morgan fingerprint density at radius 2 is 0.326 bits per heavy atom. The average molecular weight is 1680 g/mol. The Hall–Kier alpha value is -18.3. The highest BCUT2D eigenvalue weighted by molar-refractivity contribution is 6.16. The zero-order chi connectivity index (χ0) is 87.9. The van der Waals surface area contributed by atoms with Crippen LogP contribution in [0.5, 0.6) is 0 Å². The van der Waals surface area contributed by atoms with Crippen LogP contribution in [0, 0.1) is 19.7 Å². The highest BCUT2D eigenvalue weighted by Crippen LogP contribution is 2.45. The Morgan fingerprint density at radius 3 is 0.674 bits per heavy atom. The van der Waals surface area contributed by atoms with Crippen LogP contribution in [0.25, 0.3) is 235 Å². The molecule has 0 saturated heterocycles. The zero-order valence-electron chi connectivity index (χ0n) is 71.5. The van der Waals surface area contributed by atoms with Gasteiger partial charge in [0.1, 0.15) is 0 Å². The fraction of sp³-hybridized carbons (Fsp3) is 0. The molecule has 0 amide bonds. The SMILES string of the molecule is [C-]#[N+]c1ccc2c(c1)c1ccccc1n2-c1ccc(-c2ccc3c(c2)c2ccccc2n3-c2cccc(-c3ccccc3)c2)cc1.[C-]#[N+]c1ccc2c3cc(-c4ccc(-n5c6ccccc6c6ccccc65)cc4)ccc3n(-c3ccc(-c4ccccc4)cc3)c2c1.[C-]#[N+]c1ccc2c3cc(-c4ccc(-n5c6ccccc6c6ccccc65)cc4)ccc3n(-c3ccccc3)c2c1. The first-order valence-electron chi connectivity index (χ1n) is 44.3. The van der Waals surface area contributed by atoms with Crippen molar-refractivity contribution in [1.29, 1.82) is 0 Å². The Balaban J connectivity index is 0.000000110. The third-order valence-electron chi connectivity index (χ3n) is 26.2. The third-order valence-corrected chi connectivity index (χ3v) is 26.2. The Labute approximate surface area is 761 Å². The first kappa shape index (κ1) is 77.3. The molecule has 0 spiro atoms. The largest absolute Gasteiger partial charge is 0.311 e. The lowest BCUT2D eigenvalue weighted by molar-refractivity contribution is 1.18. The molecule has 9 nitrogen and oxygen atoms in total. The molecule has 0 saturated carbocycles. The molecular formula is C123H77N9. The Bertz CT molecular complexity index is 9100.